The molecule has 5 aromatic rings. The van der Waals surface area contributed by atoms with Gasteiger partial charge in [0.2, 0.25) is 0 Å². The van der Waals surface area contributed by atoms with Gasteiger partial charge in [-0.2, -0.15) is 5.10 Å². The Kier molecular flexibility index (Phi) is 5.24. The van der Waals surface area contributed by atoms with Gasteiger partial charge >= 0.3 is 0 Å². The van der Waals surface area contributed by atoms with Crippen LogP contribution in [0.25, 0.3) is 27.9 Å². The van der Waals surface area contributed by atoms with Crippen LogP contribution in [0.5, 0.6) is 0 Å². The summed E-state index contributed by atoms with van der Waals surface area (Å²) in [5, 5.41) is 8.41. The molecular weight excluding hydrogens is 391 g/mol. The molecule has 0 aliphatic carbocycles. The Morgan fingerprint density at radius 3 is 2.55 bits per heavy atom. The highest BCUT2D eigenvalue weighted by Crippen LogP contribution is 2.35. The number of imidazole rings is 1. The Labute approximate surface area is 178 Å². The van der Waals surface area contributed by atoms with E-state index in [0.717, 1.165) is 52.3 Å². The molecule has 2 N–H and O–H groups in total. The fourth-order valence-corrected chi connectivity index (χ4v) is 3.73. The minimum absolute atomic E-state index is 0.264. The van der Waals surface area contributed by atoms with Gasteiger partial charge in [-0.05, 0) is 54.1 Å². The van der Waals surface area contributed by atoms with Gasteiger partial charge in [0, 0.05) is 54.9 Å². The number of nitrogens with one attached hydrogen (secondary N) is 2. The summed E-state index contributed by atoms with van der Waals surface area (Å²) in [6, 6.07) is 16.6. The van der Waals surface area contributed by atoms with Crippen molar-refractivity contribution in [3.05, 3.63) is 96.7 Å². The van der Waals surface area contributed by atoms with Crippen molar-refractivity contribution in [2.24, 2.45) is 0 Å². The number of rotatable bonds is 7. The molecule has 0 aliphatic rings. The Bertz CT molecular complexity index is 1280. The van der Waals surface area contributed by atoms with E-state index in [1.54, 1.807) is 30.9 Å². The number of halogens is 1. The predicted molar refractivity (Wildman–Crippen MR) is 118 cm³/mol. The van der Waals surface area contributed by atoms with Crippen LogP contribution in [0.1, 0.15) is 11.4 Å². The summed E-state index contributed by atoms with van der Waals surface area (Å²) < 4.78 is 15.5. The molecule has 7 heteroatoms. The van der Waals surface area contributed by atoms with E-state index in [-0.39, 0.29) is 5.82 Å². The van der Waals surface area contributed by atoms with Crippen LogP contribution in [0.4, 0.5) is 4.39 Å². The second-order valence-corrected chi connectivity index (χ2v) is 7.28. The van der Waals surface area contributed by atoms with E-state index in [2.05, 4.69) is 32.4 Å². The van der Waals surface area contributed by atoms with Crippen molar-refractivity contribution in [3.63, 3.8) is 0 Å². The summed E-state index contributed by atoms with van der Waals surface area (Å²) in [6.45, 7) is 1.49. The topological polar surface area (TPSA) is 70.9 Å². The monoisotopic (exact) mass is 412 g/mol. The van der Waals surface area contributed by atoms with Crippen molar-refractivity contribution in [1.82, 2.24) is 29.9 Å². The fraction of sp³-hybridized carbons (Fsp3) is 0.125. The van der Waals surface area contributed by atoms with E-state index >= 15 is 0 Å². The third kappa shape index (κ3) is 3.95. The van der Waals surface area contributed by atoms with Crippen molar-refractivity contribution in [3.8, 4) is 22.4 Å². The lowest BCUT2D eigenvalue weighted by atomic mass is 10.0. The van der Waals surface area contributed by atoms with Crippen LogP contribution in [0.15, 0.2) is 79.5 Å². The molecule has 0 amide bonds. The molecule has 4 aromatic heterocycles. The number of hydrogen-bond acceptors (Lipinski definition) is 4. The average Bonchev–Trinajstić information content (AvgIpc) is 3.46. The number of nitrogens with zero attached hydrogens (tertiary/aromatic N) is 4. The van der Waals surface area contributed by atoms with Gasteiger partial charge in [0.1, 0.15) is 11.5 Å². The van der Waals surface area contributed by atoms with E-state index in [1.165, 1.54) is 12.1 Å². The normalized spacial score (nSPS) is 11.3. The van der Waals surface area contributed by atoms with Crippen LogP contribution in [-0.2, 0) is 13.0 Å². The number of fused-ring (bicyclic) bond motifs is 1. The van der Waals surface area contributed by atoms with Gasteiger partial charge in [-0.3, -0.25) is 4.98 Å². The summed E-state index contributed by atoms with van der Waals surface area (Å²) in [5.74, 6) is -0.264. The van der Waals surface area contributed by atoms with Crippen molar-refractivity contribution in [2.75, 3.05) is 6.54 Å². The van der Waals surface area contributed by atoms with Crippen molar-refractivity contribution in [1.29, 1.82) is 0 Å². The van der Waals surface area contributed by atoms with Crippen molar-refractivity contribution >= 4 is 5.52 Å². The Hall–Kier alpha value is -3.84. The van der Waals surface area contributed by atoms with Crippen LogP contribution in [0.2, 0.25) is 0 Å². The third-order valence-electron chi connectivity index (χ3n) is 5.25. The molecule has 5 rings (SSSR count). The Morgan fingerprint density at radius 2 is 1.77 bits per heavy atom. The molecule has 0 bridgehead atoms. The van der Waals surface area contributed by atoms with Gasteiger partial charge in [0.15, 0.2) is 0 Å². The highest BCUT2D eigenvalue weighted by atomic mass is 19.1. The van der Waals surface area contributed by atoms with E-state index < -0.39 is 0 Å². The lowest BCUT2D eigenvalue weighted by Crippen LogP contribution is -2.18. The molecule has 0 saturated carbocycles. The summed E-state index contributed by atoms with van der Waals surface area (Å²) in [7, 11) is 0. The van der Waals surface area contributed by atoms with Crippen molar-refractivity contribution < 1.29 is 4.39 Å². The van der Waals surface area contributed by atoms with Gasteiger partial charge in [0.25, 0.3) is 0 Å². The average molecular weight is 412 g/mol. The lowest BCUT2D eigenvalue weighted by Gasteiger charge is -2.07. The summed E-state index contributed by atoms with van der Waals surface area (Å²) in [6.07, 6.45) is 7.95. The second kappa shape index (κ2) is 8.49. The molecule has 0 spiro atoms. The minimum Gasteiger partial charge on any atom is -0.348 e. The standard InChI is InChI=1S/C24H21FN6/c25-19-6-4-18(5-7-19)24-23(17-8-11-26-12-9-17)22-3-1-2-21(31(22)30-24)15-27-13-10-20-14-28-16-29-20/h1-9,11-12,14,16,27H,10,13,15H2,(H,28,29). The number of benzene rings is 1. The van der Waals surface area contributed by atoms with Crippen LogP contribution in [0.3, 0.4) is 0 Å². The lowest BCUT2D eigenvalue weighted by molar-refractivity contribution is 0.628. The first-order chi connectivity index (χ1) is 15.3. The number of hydrogen-bond donors (Lipinski definition) is 2. The number of H-pyrrole nitrogens is 1. The minimum atomic E-state index is -0.264. The molecule has 0 fully saturated rings. The molecule has 4 heterocycles. The molecule has 0 aliphatic heterocycles. The van der Waals surface area contributed by atoms with Crippen LogP contribution in [-0.4, -0.2) is 31.1 Å². The molecular formula is C24H21FN6. The van der Waals surface area contributed by atoms with Crippen LogP contribution >= 0.6 is 0 Å². The maximum absolute atomic E-state index is 13.5. The number of pyridine rings is 2. The van der Waals surface area contributed by atoms with Crippen LogP contribution < -0.4 is 5.32 Å². The zero-order chi connectivity index (χ0) is 21.0. The summed E-state index contributed by atoms with van der Waals surface area (Å²) in [5.41, 5.74) is 6.86. The fourth-order valence-electron chi connectivity index (χ4n) is 3.73. The Balaban J connectivity index is 1.52. The first kappa shape index (κ1) is 19.1. The molecule has 0 atom stereocenters. The predicted octanol–water partition coefficient (Wildman–Crippen LogP) is 4.26. The van der Waals surface area contributed by atoms with Gasteiger partial charge in [-0.15, -0.1) is 0 Å². The third-order valence-corrected chi connectivity index (χ3v) is 5.25. The second-order valence-electron chi connectivity index (χ2n) is 7.28. The molecule has 0 unspecified atom stereocenters. The largest absolute Gasteiger partial charge is 0.348 e. The van der Waals surface area contributed by atoms with Crippen LogP contribution in [0, 0.1) is 5.82 Å². The SMILES string of the molecule is Fc1ccc(-c2nn3c(CNCCc4cnc[nH]4)cccc3c2-c2ccncc2)cc1. The first-order valence-corrected chi connectivity index (χ1v) is 10.1. The molecule has 1 aromatic carbocycles. The zero-order valence-electron chi connectivity index (χ0n) is 16.8. The smallest absolute Gasteiger partial charge is 0.123 e. The zero-order valence-corrected chi connectivity index (χ0v) is 16.8. The molecule has 154 valence electrons. The van der Waals surface area contributed by atoms with E-state index in [4.69, 9.17) is 5.10 Å². The number of aromatic nitrogens is 5. The van der Waals surface area contributed by atoms with Gasteiger partial charge in [-0.25, -0.2) is 13.9 Å². The quantitative estimate of drug-likeness (QED) is 0.392. The van der Waals surface area contributed by atoms with E-state index in [0.29, 0.717) is 6.54 Å². The highest BCUT2D eigenvalue weighted by molar-refractivity contribution is 5.92. The summed E-state index contributed by atoms with van der Waals surface area (Å²) in [4.78, 5) is 11.3. The number of aromatic amines is 1. The maximum Gasteiger partial charge on any atom is 0.123 e. The highest BCUT2D eigenvalue weighted by Gasteiger charge is 2.18. The molecule has 31 heavy (non-hydrogen) atoms. The van der Waals surface area contributed by atoms with E-state index in [1.807, 2.05) is 28.9 Å². The van der Waals surface area contributed by atoms with Crippen molar-refractivity contribution in [2.45, 2.75) is 13.0 Å². The molecule has 6 nitrogen and oxygen atoms in total. The van der Waals surface area contributed by atoms with Gasteiger partial charge < -0.3 is 10.3 Å². The molecule has 0 radical (unpaired) electrons. The first-order valence-electron chi connectivity index (χ1n) is 10.1. The van der Waals surface area contributed by atoms with E-state index in [9.17, 15) is 4.39 Å². The van der Waals surface area contributed by atoms with Gasteiger partial charge in [0.05, 0.1) is 17.5 Å². The Morgan fingerprint density at radius 1 is 0.935 bits per heavy atom. The summed E-state index contributed by atoms with van der Waals surface area (Å²) >= 11 is 0. The molecule has 0 saturated heterocycles. The maximum atomic E-state index is 13.5. The van der Waals surface area contributed by atoms with Gasteiger partial charge in [-0.1, -0.05) is 6.07 Å².